The molecule has 5 aromatic rings. The van der Waals surface area contributed by atoms with Crippen molar-refractivity contribution >= 4 is 28.8 Å². The number of fused-ring (bicyclic) bond motifs is 3. The largest absolute Gasteiger partial charge is 0.488 e. The van der Waals surface area contributed by atoms with E-state index in [1.165, 1.54) is 4.90 Å². The van der Waals surface area contributed by atoms with Crippen LogP contribution >= 0.6 is 11.8 Å². The van der Waals surface area contributed by atoms with E-state index in [1.54, 1.807) is 23.9 Å². The van der Waals surface area contributed by atoms with Crippen LogP contribution in [-0.2, 0) is 17.4 Å². The Labute approximate surface area is 229 Å². The second-order valence-corrected chi connectivity index (χ2v) is 11.8. The van der Waals surface area contributed by atoms with Crippen LogP contribution < -0.4 is 4.74 Å². The topological polar surface area (TPSA) is 43.4 Å². The van der Waals surface area contributed by atoms with Crippen molar-refractivity contribution in [3.8, 4) is 28.0 Å². The first kappa shape index (κ1) is 24.4. The molecule has 0 radical (unpaired) electrons. The average molecular weight is 533 g/mol. The summed E-state index contributed by atoms with van der Waals surface area (Å²) in [5.41, 5.74) is 6.60. The molecule has 0 amide bonds. The highest BCUT2D eigenvalue weighted by molar-refractivity contribution is 7.99. The van der Waals surface area contributed by atoms with Crippen LogP contribution in [-0.4, -0.2) is 10.5 Å². The third-order valence-electron chi connectivity index (χ3n) is 6.67. The van der Waals surface area contributed by atoms with Crippen molar-refractivity contribution in [3.63, 3.8) is 0 Å². The van der Waals surface area contributed by atoms with Gasteiger partial charge >= 0.3 is 0 Å². The molecule has 0 fully saturated rings. The average Bonchev–Trinajstić information content (AvgIpc) is 2.97. The molecular weight excluding hydrogens is 508 g/mol. The van der Waals surface area contributed by atoms with Crippen LogP contribution in [0.15, 0.2) is 129 Å². The van der Waals surface area contributed by atoms with Crippen molar-refractivity contribution < 1.29 is 13.7 Å². The van der Waals surface area contributed by atoms with E-state index in [-0.39, 0.29) is 0 Å². The minimum atomic E-state index is -1.34. The van der Waals surface area contributed by atoms with Crippen LogP contribution in [0, 0.1) is 6.92 Å². The van der Waals surface area contributed by atoms with Gasteiger partial charge in [0.15, 0.2) is 6.29 Å². The summed E-state index contributed by atoms with van der Waals surface area (Å²) in [5.74, 6) is 0.871. The Balaban J connectivity index is 1.40. The third kappa shape index (κ3) is 4.71. The van der Waals surface area contributed by atoms with E-state index in [0.29, 0.717) is 17.1 Å². The summed E-state index contributed by atoms with van der Waals surface area (Å²) in [6.45, 7) is 2.51. The van der Waals surface area contributed by atoms with Crippen molar-refractivity contribution in [3.05, 3.63) is 126 Å². The fraction of sp³-hybridized carbons (Fsp3) is 0.0606. The van der Waals surface area contributed by atoms with Gasteiger partial charge in [-0.15, -0.1) is 0 Å². The van der Waals surface area contributed by atoms with Gasteiger partial charge in [0.05, 0.1) is 10.8 Å². The molecule has 0 spiro atoms. The number of aryl methyl sites for hydroxylation is 1. The SMILES string of the molecule is Cc1cc2c(cc1-c1cc(S(=O)c3ccccc3)ccc1C=O)COc1ccc(Sc3ccccc3)cc1-2. The van der Waals surface area contributed by atoms with E-state index >= 15 is 0 Å². The minimum Gasteiger partial charge on any atom is -0.488 e. The summed E-state index contributed by atoms with van der Waals surface area (Å²) in [6, 6.07) is 35.7. The lowest BCUT2D eigenvalue weighted by molar-refractivity contribution is 0.112. The number of hydrogen-bond acceptors (Lipinski definition) is 4. The normalized spacial score (nSPS) is 12.7. The molecule has 5 aromatic carbocycles. The second kappa shape index (κ2) is 10.4. The Hall–Kier alpha value is -3.93. The van der Waals surface area contributed by atoms with Crippen molar-refractivity contribution in [1.82, 2.24) is 0 Å². The number of rotatable bonds is 6. The van der Waals surface area contributed by atoms with E-state index in [0.717, 1.165) is 55.2 Å². The lowest BCUT2D eigenvalue weighted by Gasteiger charge is -2.24. The summed E-state index contributed by atoms with van der Waals surface area (Å²) in [5, 5.41) is 0. The fourth-order valence-electron chi connectivity index (χ4n) is 4.77. The van der Waals surface area contributed by atoms with Crippen LogP contribution in [0.4, 0.5) is 0 Å². The molecule has 0 bridgehead atoms. The number of carbonyl (C=O) groups is 1. The molecule has 0 aliphatic carbocycles. The van der Waals surface area contributed by atoms with Gasteiger partial charge in [0, 0.05) is 30.7 Å². The van der Waals surface area contributed by atoms with Gasteiger partial charge in [-0.05, 0) is 101 Å². The molecule has 1 unspecified atom stereocenters. The van der Waals surface area contributed by atoms with Gasteiger partial charge in [0.2, 0.25) is 0 Å². The third-order valence-corrected chi connectivity index (χ3v) is 9.05. The molecular formula is C33H24O3S2. The molecule has 5 heteroatoms. The summed E-state index contributed by atoms with van der Waals surface area (Å²) in [4.78, 5) is 15.7. The maximum atomic E-state index is 13.2. The molecule has 6 rings (SSSR count). The first-order valence-electron chi connectivity index (χ1n) is 12.3. The molecule has 1 aliphatic rings. The standard InChI is InChI=1S/C33H24O3S2/c1-22-16-30-24(21-36-33-15-13-26(18-32(30)33)37-25-8-4-2-5-9-25)17-29(22)31-19-28(14-12-23(31)20-34)38(35)27-10-6-3-7-11-27/h2-20H,21H2,1H3. The minimum absolute atomic E-state index is 0.451. The zero-order valence-electron chi connectivity index (χ0n) is 20.7. The smallest absolute Gasteiger partial charge is 0.150 e. The second-order valence-electron chi connectivity index (χ2n) is 9.13. The predicted molar refractivity (Wildman–Crippen MR) is 153 cm³/mol. The zero-order chi connectivity index (χ0) is 26.1. The van der Waals surface area contributed by atoms with Crippen molar-refractivity contribution in [2.75, 3.05) is 0 Å². The van der Waals surface area contributed by atoms with Crippen molar-refractivity contribution in [2.45, 2.75) is 33.1 Å². The molecule has 186 valence electrons. The quantitative estimate of drug-likeness (QED) is 0.206. The predicted octanol–water partition coefficient (Wildman–Crippen LogP) is 8.35. The van der Waals surface area contributed by atoms with Crippen LogP contribution in [0.5, 0.6) is 5.75 Å². The summed E-state index contributed by atoms with van der Waals surface area (Å²) >= 11 is 1.72. The number of hydrogen-bond donors (Lipinski definition) is 0. The molecule has 0 N–H and O–H groups in total. The van der Waals surface area contributed by atoms with Gasteiger partial charge in [-0.25, -0.2) is 4.21 Å². The molecule has 1 aliphatic heterocycles. The molecule has 0 saturated heterocycles. The van der Waals surface area contributed by atoms with Crippen molar-refractivity contribution in [1.29, 1.82) is 0 Å². The maximum Gasteiger partial charge on any atom is 0.150 e. The lowest BCUT2D eigenvalue weighted by Crippen LogP contribution is -2.07. The monoisotopic (exact) mass is 532 g/mol. The van der Waals surface area contributed by atoms with E-state index in [9.17, 15) is 9.00 Å². The highest BCUT2D eigenvalue weighted by atomic mass is 32.2. The van der Waals surface area contributed by atoms with E-state index in [1.807, 2.05) is 60.7 Å². The van der Waals surface area contributed by atoms with Gasteiger partial charge < -0.3 is 4.74 Å². The van der Waals surface area contributed by atoms with Gasteiger partial charge in [-0.1, -0.05) is 54.2 Å². The summed E-state index contributed by atoms with van der Waals surface area (Å²) < 4.78 is 19.4. The molecule has 1 heterocycles. The highest BCUT2D eigenvalue weighted by Gasteiger charge is 2.21. The first-order chi connectivity index (χ1) is 18.6. The number of benzene rings is 5. The van der Waals surface area contributed by atoms with Crippen molar-refractivity contribution in [2.24, 2.45) is 0 Å². The molecule has 1 atom stereocenters. The Morgan fingerprint density at radius 1 is 0.711 bits per heavy atom. The van der Waals surface area contributed by atoms with E-state index in [4.69, 9.17) is 4.74 Å². The van der Waals surface area contributed by atoms with E-state index in [2.05, 4.69) is 43.3 Å². The van der Waals surface area contributed by atoms with Gasteiger partial charge in [-0.2, -0.15) is 0 Å². The van der Waals surface area contributed by atoms with Gasteiger partial charge in [-0.3, -0.25) is 4.79 Å². The Morgan fingerprint density at radius 3 is 2.24 bits per heavy atom. The maximum absolute atomic E-state index is 13.2. The highest BCUT2D eigenvalue weighted by Crippen LogP contribution is 2.43. The zero-order valence-corrected chi connectivity index (χ0v) is 22.4. The summed E-state index contributed by atoms with van der Waals surface area (Å²) in [7, 11) is -1.34. The van der Waals surface area contributed by atoms with Crippen LogP contribution in [0.2, 0.25) is 0 Å². The van der Waals surface area contributed by atoms with Gasteiger partial charge in [0.1, 0.15) is 12.4 Å². The first-order valence-corrected chi connectivity index (χ1v) is 14.3. The number of ether oxygens (including phenoxy) is 1. The molecule has 3 nitrogen and oxygen atoms in total. The summed E-state index contributed by atoms with van der Waals surface area (Å²) in [6.07, 6.45) is 0.863. The Morgan fingerprint density at radius 2 is 1.47 bits per heavy atom. The molecule has 0 saturated carbocycles. The van der Waals surface area contributed by atoms with Crippen LogP contribution in [0.25, 0.3) is 22.3 Å². The fourth-order valence-corrected chi connectivity index (χ4v) is 6.74. The van der Waals surface area contributed by atoms with E-state index < -0.39 is 10.8 Å². The molecule has 0 aromatic heterocycles. The molecule has 38 heavy (non-hydrogen) atoms. The number of carbonyl (C=O) groups excluding carboxylic acids is 1. The number of aldehydes is 1. The van der Waals surface area contributed by atoms with Gasteiger partial charge in [0.25, 0.3) is 0 Å². The lowest BCUT2D eigenvalue weighted by atomic mass is 9.89. The Bertz CT molecular complexity index is 1680. The van der Waals surface area contributed by atoms with Crippen LogP contribution in [0.1, 0.15) is 21.5 Å². The Kier molecular flexibility index (Phi) is 6.71. The van der Waals surface area contributed by atoms with Crippen LogP contribution in [0.3, 0.4) is 0 Å².